The fourth-order valence-electron chi connectivity index (χ4n) is 3.42. The van der Waals surface area contributed by atoms with Crippen molar-refractivity contribution >= 4 is 7.60 Å². The minimum atomic E-state index is -3.93. The van der Waals surface area contributed by atoms with E-state index >= 15 is 0 Å². The van der Waals surface area contributed by atoms with Gasteiger partial charge < -0.3 is 4.89 Å². The molecule has 26 heavy (non-hydrogen) atoms. The molecule has 0 fully saturated rings. The lowest BCUT2D eigenvalue weighted by Crippen LogP contribution is -1.90. The van der Waals surface area contributed by atoms with Gasteiger partial charge in [0.2, 0.25) is 0 Å². The molecule has 0 aromatic heterocycles. The Morgan fingerprint density at radius 1 is 0.615 bits per heavy atom. The summed E-state index contributed by atoms with van der Waals surface area (Å²) in [4.78, 5) is 8.93. The van der Waals surface area contributed by atoms with Crippen molar-refractivity contribution in [3.63, 3.8) is 0 Å². The topological polar surface area (TPSA) is 46.5 Å². The molecule has 3 nitrogen and oxygen atoms in total. The molecule has 0 aromatic carbocycles. The molecule has 0 rings (SSSR count). The summed E-state index contributed by atoms with van der Waals surface area (Å²) in [5.41, 5.74) is 0. The van der Waals surface area contributed by atoms with Crippen molar-refractivity contribution in [2.75, 3.05) is 6.16 Å². The van der Waals surface area contributed by atoms with Crippen LogP contribution in [0.3, 0.4) is 0 Å². The van der Waals surface area contributed by atoms with Gasteiger partial charge in [0, 0.05) is 0 Å². The predicted octanol–water partition coefficient (Wildman–Crippen LogP) is 8.50. The van der Waals surface area contributed by atoms with Crippen molar-refractivity contribution in [2.45, 2.75) is 129 Å². The maximum absolute atomic E-state index is 11.7. The van der Waals surface area contributed by atoms with E-state index in [0.717, 1.165) is 12.8 Å². The monoisotopic (exact) mass is 394 g/mol. The van der Waals surface area contributed by atoms with E-state index in [4.69, 9.17) is 4.89 Å². The van der Waals surface area contributed by atoms with Gasteiger partial charge in [-0.3, -0.25) is 4.57 Å². The molecule has 0 amide bonds. The zero-order valence-electron chi connectivity index (χ0n) is 17.2. The lowest BCUT2D eigenvalue weighted by Gasteiger charge is -2.05. The van der Waals surface area contributed by atoms with Crippen molar-refractivity contribution < 1.29 is 18.7 Å². The van der Waals surface area contributed by atoms with E-state index in [0.29, 0.717) is 6.42 Å². The Balaban J connectivity index is 3.06. The number of rotatable bonds is 21. The van der Waals surface area contributed by atoms with E-state index in [1.54, 1.807) is 0 Å². The van der Waals surface area contributed by atoms with Gasteiger partial charge in [-0.1, -0.05) is 122 Å². The van der Waals surface area contributed by atoms with E-state index in [1.807, 2.05) is 0 Å². The van der Waals surface area contributed by atoms with Gasteiger partial charge in [-0.15, -0.1) is 4.73 Å². The highest BCUT2D eigenvalue weighted by Gasteiger charge is 2.18. The van der Waals surface area contributed by atoms with Gasteiger partial charge in [-0.25, -0.2) is 0 Å². The lowest BCUT2D eigenvalue weighted by atomic mass is 10.0. The molecule has 0 saturated heterocycles. The van der Waals surface area contributed by atoms with Gasteiger partial charge in [0.25, 0.3) is 0 Å². The van der Waals surface area contributed by atoms with Crippen molar-refractivity contribution in [1.29, 1.82) is 0 Å². The van der Waals surface area contributed by atoms with Gasteiger partial charge in [-0.2, -0.15) is 0 Å². The van der Waals surface area contributed by atoms with Crippen molar-refractivity contribution in [3.05, 3.63) is 0 Å². The van der Waals surface area contributed by atoms with E-state index in [9.17, 15) is 9.09 Å². The normalized spacial score (nSPS) is 13.8. The van der Waals surface area contributed by atoms with Gasteiger partial charge in [-0.05, 0) is 10.9 Å². The molecule has 1 unspecified atom stereocenters. The quantitative estimate of drug-likeness (QED) is 0.157. The first-order valence-electron chi connectivity index (χ1n) is 11.2. The molecule has 0 radical (unpaired) electrons. The molecule has 1 N–H and O–H groups in total. The molecule has 0 aliphatic rings. The summed E-state index contributed by atoms with van der Waals surface area (Å²) in [7, 11) is -3.93. The highest BCUT2D eigenvalue weighted by molar-refractivity contribution is 7.52. The van der Waals surface area contributed by atoms with Gasteiger partial charge in [0.05, 0.1) is 6.16 Å². The van der Waals surface area contributed by atoms with Crippen LogP contribution in [0.15, 0.2) is 0 Å². The molecule has 158 valence electrons. The fraction of sp³-hybridized carbons (Fsp3) is 1.00. The van der Waals surface area contributed by atoms with Crippen molar-refractivity contribution in [1.82, 2.24) is 0 Å². The summed E-state index contributed by atoms with van der Waals surface area (Å²) in [6.45, 7) is 2.27. The Labute approximate surface area is 161 Å². The van der Waals surface area contributed by atoms with Crippen LogP contribution in [0.4, 0.5) is 4.53 Å². The van der Waals surface area contributed by atoms with Crippen LogP contribution < -0.4 is 0 Å². The maximum Gasteiger partial charge on any atom is 0.361 e. The Kier molecular flexibility index (Phi) is 19.9. The second kappa shape index (κ2) is 19.8. The average Bonchev–Trinajstić information content (AvgIpc) is 2.63. The number of unbranched alkanes of at least 4 members (excludes halogenated alkanes) is 18. The first kappa shape index (κ1) is 26.1. The zero-order chi connectivity index (χ0) is 19.3. The van der Waals surface area contributed by atoms with Crippen LogP contribution in [-0.4, -0.2) is 11.1 Å². The zero-order valence-corrected chi connectivity index (χ0v) is 18.1. The SMILES string of the molecule is CCCCCCCCCCCCCCCCCCCCCP(=O)(O)OF. The fourth-order valence-corrected chi connectivity index (χ4v) is 4.12. The summed E-state index contributed by atoms with van der Waals surface area (Å²) < 4.78 is 25.7. The molecule has 0 saturated carbocycles. The summed E-state index contributed by atoms with van der Waals surface area (Å²) in [6.07, 6.45) is 24.3. The second-order valence-electron chi connectivity index (χ2n) is 7.79. The lowest BCUT2D eigenvalue weighted by molar-refractivity contribution is -0.0189. The maximum atomic E-state index is 11.7. The van der Waals surface area contributed by atoms with Crippen LogP contribution in [-0.2, 0) is 9.29 Å². The molecule has 1 atom stereocenters. The second-order valence-corrected chi connectivity index (χ2v) is 9.65. The molecule has 0 aromatic rings. The first-order chi connectivity index (χ1) is 12.6. The summed E-state index contributed by atoms with van der Waals surface area (Å²) in [6, 6.07) is 0. The molecule has 0 bridgehead atoms. The summed E-state index contributed by atoms with van der Waals surface area (Å²) in [5, 5.41) is 0. The summed E-state index contributed by atoms with van der Waals surface area (Å²) in [5.74, 6) is 0. The molecule has 5 heteroatoms. The molecule has 0 heterocycles. The van der Waals surface area contributed by atoms with Crippen LogP contribution in [0.5, 0.6) is 0 Å². The molecule has 0 spiro atoms. The van der Waals surface area contributed by atoms with E-state index in [2.05, 4.69) is 11.7 Å². The third kappa shape index (κ3) is 20.4. The Morgan fingerprint density at radius 3 is 1.15 bits per heavy atom. The van der Waals surface area contributed by atoms with E-state index in [-0.39, 0.29) is 6.16 Å². The van der Waals surface area contributed by atoms with Gasteiger partial charge in [0.1, 0.15) is 0 Å². The standard InChI is InChI=1S/C21H44FO3P/c1-2-3-4-5-6-7-8-9-10-11-12-13-14-15-16-17-18-19-20-21-26(23,24)25-22/h2-21H2,1H3,(H,23,24). The van der Waals surface area contributed by atoms with Gasteiger partial charge in [0.15, 0.2) is 0 Å². The largest absolute Gasteiger partial charge is 0.361 e. The molecular formula is C21H44FO3P. The third-order valence-corrected chi connectivity index (χ3v) is 6.25. The Hall–Kier alpha value is 0.0800. The smallest absolute Gasteiger partial charge is 0.323 e. The van der Waals surface area contributed by atoms with Crippen molar-refractivity contribution in [2.24, 2.45) is 0 Å². The predicted molar refractivity (Wildman–Crippen MR) is 110 cm³/mol. The van der Waals surface area contributed by atoms with Crippen LogP contribution in [0, 0.1) is 0 Å². The highest BCUT2D eigenvalue weighted by Crippen LogP contribution is 2.43. The highest BCUT2D eigenvalue weighted by atomic mass is 31.2. The molecule has 0 aliphatic carbocycles. The Morgan fingerprint density at radius 2 is 0.885 bits per heavy atom. The van der Waals surface area contributed by atoms with Gasteiger partial charge >= 0.3 is 7.60 Å². The molecule has 0 aliphatic heterocycles. The third-order valence-electron chi connectivity index (χ3n) is 5.15. The summed E-state index contributed by atoms with van der Waals surface area (Å²) >= 11 is 0. The van der Waals surface area contributed by atoms with E-state index in [1.165, 1.54) is 103 Å². The number of halogens is 1. The first-order valence-corrected chi connectivity index (χ1v) is 13.0. The Bertz CT molecular complexity index is 326. The number of hydrogen-bond acceptors (Lipinski definition) is 2. The van der Waals surface area contributed by atoms with Crippen LogP contribution >= 0.6 is 7.60 Å². The molecular weight excluding hydrogens is 350 g/mol. The van der Waals surface area contributed by atoms with Crippen LogP contribution in [0.25, 0.3) is 0 Å². The van der Waals surface area contributed by atoms with Crippen LogP contribution in [0.1, 0.15) is 129 Å². The number of hydrogen-bond donors (Lipinski definition) is 1. The minimum absolute atomic E-state index is 0.0671. The van der Waals surface area contributed by atoms with Crippen molar-refractivity contribution in [3.8, 4) is 0 Å². The van der Waals surface area contributed by atoms with Crippen LogP contribution in [0.2, 0.25) is 0 Å². The average molecular weight is 395 g/mol. The minimum Gasteiger partial charge on any atom is -0.323 e. The van der Waals surface area contributed by atoms with E-state index < -0.39 is 7.60 Å².